The standard InChI is InChI=1S/C21H17ClFN5O/c22-17-10-16(5-6-19(17)29-12-14-3-1-4-15(23)9-14)27-7-2-8-28-20-18(11-26-28)24-13-25-21(20)27/h1,3-6,9-11,13H,2,7-8,12H2. The first-order chi connectivity index (χ1) is 14.2. The van der Waals surface area contributed by atoms with Gasteiger partial charge in [0.1, 0.15) is 35.5 Å². The molecule has 0 aliphatic carbocycles. The number of benzene rings is 2. The fourth-order valence-corrected chi connectivity index (χ4v) is 3.80. The number of hydrogen-bond acceptors (Lipinski definition) is 5. The molecule has 0 atom stereocenters. The molecule has 0 unspecified atom stereocenters. The molecule has 0 saturated heterocycles. The van der Waals surface area contributed by atoms with E-state index in [1.165, 1.54) is 12.1 Å². The number of hydrogen-bond donors (Lipinski definition) is 0. The minimum absolute atomic E-state index is 0.242. The third-order valence-corrected chi connectivity index (χ3v) is 5.22. The molecule has 8 heteroatoms. The Morgan fingerprint density at radius 2 is 2.03 bits per heavy atom. The van der Waals surface area contributed by atoms with Gasteiger partial charge >= 0.3 is 0 Å². The van der Waals surface area contributed by atoms with Gasteiger partial charge in [-0.05, 0) is 42.3 Å². The molecule has 3 heterocycles. The average Bonchev–Trinajstić information content (AvgIpc) is 3.04. The van der Waals surface area contributed by atoms with E-state index in [0.717, 1.165) is 47.6 Å². The van der Waals surface area contributed by atoms with Crippen molar-refractivity contribution in [1.29, 1.82) is 0 Å². The van der Waals surface area contributed by atoms with Gasteiger partial charge in [0.2, 0.25) is 0 Å². The van der Waals surface area contributed by atoms with Crippen LogP contribution in [0.25, 0.3) is 11.0 Å². The molecule has 4 aromatic rings. The zero-order valence-corrected chi connectivity index (χ0v) is 16.2. The third-order valence-electron chi connectivity index (χ3n) is 4.93. The molecule has 0 fully saturated rings. The molecule has 0 radical (unpaired) electrons. The monoisotopic (exact) mass is 409 g/mol. The quantitative estimate of drug-likeness (QED) is 0.487. The Hall–Kier alpha value is -3.19. The Kier molecular flexibility index (Phi) is 4.52. The highest BCUT2D eigenvalue weighted by atomic mass is 35.5. The van der Waals surface area contributed by atoms with Crippen molar-refractivity contribution in [3.63, 3.8) is 0 Å². The topological polar surface area (TPSA) is 56.1 Å². The summed E-state index contributed by atoms with van der Waals surface area (Å²) in [5, 5.41) is 4.91. The number of halogens is 2. The number of ether oxygens (including phenoxy) is 1. The molecule has 1 aliphatic rings. The second-order valence-electron chi connectivity index (χ2n) is 6.84. The zero-order valence-electron chi connectivity index (χ0n) is 15.4. The normalized spacial score (nSPS) is 13.5. The molecule has 1 aliphatic heterocycles. The summed E-state index contributed by atoms with van der Waals surface area (Å²) in [4.78, 5) is 10.9. The van der Waals surface area contributed by atoms with Gasteiger partial charge in [0.25, 0.3) is 0 Å². The lowest BCUT2D eigenvalue weighted by Crippen LogP contribution is -2.19. The van der Waals surface area contributed by atoms with Crippen molar-refractivity contribution in [3.8, 4) is 5.75 Å². The molecule has 146 valence electrons. The van der Waals surface area contributed by atoms with E-state index in [1.807, 2.05) is 28.9 Å². The van der Waals surface area contributed by atoms with Gasteiger partial charge in [-0.1, -0.05) is 23.7 Å². The van der Waals surface area contributed by atoms with Crippen LogP contribution < -0.4 is 9.64 Å². The van der Waals surface area contributed by atoms with E-state index >= 15 is 0 Å². The van der Waals surface area contributed by atoms with Crippen molar-refractivity contribution >= 4 is 34.1 Å². The number of nitrogens with zero attached hydrogens (tertiary/aromatic N) is 5. The van der Waals surface area contributed by atoms with E-state index in [1.54, 1.807) is 18.6 Å². The van der Waals surface area contributed by atoms with Crippen LogP contribution in [-0.4, -0.2) is 26.3 Å². The van der Waals surface area contributed by atoms with Crippen molar-refractivity contribution < 1.29 is 9.13 Å². The van der Waals surface area contributed by atoms with Crippen molar-refractivity contribution in [3.05, 3.63) is 71.4 Å². The summed E-state index contributed by atoms with van der Waals surface area (Å²) < 4.78 is 21.1. The van der Waals surface area contributed by atoms with Crippen molar-refractivity contribution in [2.24, 2.45) is 0 Å². The van der Waals surface area contributed by atoms with Crippen LogP contribution in [0.5, 0.6) is 5.75 Å². The highest BCUT2D eigenvalue weighted by molar-refractivity contribution is 6.32. The van der Waals surface area contributed by atoms with Gasteiger partial charge in [0.15, 0.2) is 5.82 Å². The van der Waals surface area contributed by atoms with Crippen LogP contribution in [0, 0.1) is 5.82 Å². The molecular formula is C21H17ClFN5O. The maximum Gasteiger partial charge on any atom is 0.162 e. The van der Waals surface area contributed by atoms with Crippen LogP contribution in [0.15, 0.2) is 55.0 Å². The SMILES string of the molecule is Fc1cccc(COc2ccc(N3CCCn4ncc5ncnc3c54)cc2Cl)c1. The molecule has 0 spiro atoms. The first kappa shape index (κ1) is 17.9. The Balaban J connectivity index is 1.43. The molecule has 0 saturated carbocycles. The second kappa shape index (κ2) is 7.33. The van der Waals surface area contributed by atoms with Crippen LogP contribution >= 0.6 is 11.6 Å². The second-order valence-corrected chi connectivity index (χ2v) is 7.24. The van der Waals surface area contributed by atoms with E-state index in [4.69, 9.17) is 16.3 Å². The van der Waals surface area contributed by atoms with Gasteiger partial charge in [-0.3, -0.25) is 4.68 Å². The van der Waals surface area contributed by atoms with Gasteiger partial charge in [0, 0.05) is 18.8 Å². The van der Waals surface area contributed by atoms with E-state index in [9.17, 15) is 4.39 Å². The smallest absolute Gasteiger partial charge is 0.162 e. The maximum absolute atomic E-state index is 13.3. The first-order valence-electron chi connectivity index (χ1n) is 9.30. The van der Waals surface area contributed by atoms with E-state index in [2.05, 4.69) is 20.0 Å². The minimum Gasteiger partial charge on any atom is -0.487 e. The van der Waals surface area contributed by atoms with Gasteiger partial charge in [-0.25, -0.2) is 14.4 Å². The lowest BCUT2D eigenvalue weighted by molar-refractivity contribution is 0.306. The summed E-state index contributed by atoms with van der Waals surface area (Å²) in [7, 11) is 0. The first-order valence-corrected chi connectivity index (χ1v) is 9.68. The fraction of sp³-hybridized carbons (Fsp3) is 0.190. The van der Waals surface area contributed by atoms with Crippen molar-refractivity contribution in [2.75, 3.05) is 11.4 Å². The summed E-state index contributed by atoms with van der Waals surface area (Å²) in [6.45, 7) is 1.84. The van der Waals surface area contributed by atoms with Crippen LogP contribution in [0.1, 0.15) is 12.0 Å². The molecule has 2 aromatic carbocycles. The van der Waals surface area contributed by atoms with Crippen LogP contribution in [0.2, 0.25) is 5.02 Å². The van der Waals surface area contributed by atoms with Gasteiger partial charge in [-0.2, -0.15) is 5.10 Å². The predicted molar refractivity (Wildman–Crippen MR) is 109 cm³/mol. The third kappa shape index (κ3) is 3.38. The lowest BCUT2D eigenvalue weighted by atomic mass is 10.2. The average molecular weight is 410 g/mol. The minimum atomic E-state index is -0.288. The Morgan fingerprint density at radius 3 is 2.90 bits per heavy atom. The summed E-state index contributed by atoms with van der Waals surface area (Å²) in [6.07, 6.45) is 4.24. The summed E-state index contributed by atoms with van der Waals surface area (Å²) in [5.41, 5.74) is 3.41. The Bertz CT molecular complexity index is 1190. The molecule has 5 rings (SSSR count). The largest absolute Gasteiger partial charge is 0.487 e. The van der Waals surface area contributed by atoms with E-state index < -0.39 is 0 Å². The molecule has 2 aromatic heterocycles. The Morgan fingerprint density at radius 1 is 1.10 bits per heavy atom. The number of aromatic nitrogens is 4. The van der Waals surface area contributed by atoms with E-state index in [0.29, 0.717) is 10.8 Å². The van der Waals surface area contributed by atoms with Gasteiger partial charge < -0.3 is 9.64 Å². The summed E-state index contributed by atoms with van der Waals surface area (Å²) in [5.74, 6) is 1.07. The highest BCUT2D eigenvalue weighted by Crippen LogP contribution is 2.36. The van der Waals surface area contributed by atoms with Gasteiger partial charge in [0.05, 0.1) is 11.2 Å². The van der Waals surface area contributed by atoms with Gasteiger partial charge in [-0.15, -0.1) is 0 Å². The molecular weight excluding hydrogens is 393 g/mol. The maximum atomic E-state index is 13.3. The predicted octanol–water partition coefficient (Wildman–Crippen LogP) is 4.74. The number of anilines is 2. The van der Waals surface area contributed by atoms with Crippen molar-refractivity contribution in [2.45, 2.75) is 19.6 Å². The molecule has 29 heavy (non-hydrogen) atoms. The van der Waals surface area contributed by atoms with E-state index in [-0.39, 0.29) is 12.4 Å². The zero-order chi connectivity index (χ0) is 19.8. The molecule has 0 N–H and O–H groups in total. The van der Waals surface area contributed by atoms with Crippen LogP contribution in [-0.2, 0) is 13.2 Å². The lowest BCUT2D eigenvalue weighted by Gasteiger charge is -2.23. The van der Waals surface area contributed by atoms with Crippen molar-refractivity contribution in [1.82, 2.24) is 19.7 Å². The summed E-state index contributed by atoms with van der Waals surface area (Å²) in [6, 6.07) is 12.0. The summed E-state index contributed by atoms with van der Waals surface area (Å²) >= 11 is 6.49. The molecule has 6 nitrogen and oxygen atoms in total. The fourth-order valence-electron chi connectivity index (χ4n) is 3.57. The highest BCUT2D eigenvalue weighted by Gasteiger charge is 2.22. The molecule has 0 amide bonds. The molecule has 0 bridgehead atoms. The Labute approximate surface area is 171 Å². The number of aryl methyl sites for hydroxylation is 1. The van der Waals surface area contributed by atoms with Crippen LogP contribution in [0.3, 0.4) is 0 Å². The van der Waals surface area contributed by atoms with Crippen LogP contribution in [0.4, 0.5) is 15.9 Å². The number of rotatable bonds is 4.